The van der Waals surface area contributed by atoms with E-state index in [2.05, 4.69) is 5.32 Å². The molecule has 0 spiro atoms. The van der Waals surface area contributed by atoms with E-state index >= 15 is 0 Å². The van der Waals surface area contributed by atoms with Crippen molar-refractivity contribution in [2.24, 2.45) is 0 Å². The summed E-state index contributed by atoms with van der Waals surface area (Å²) in [5.74, 6) is -0.627. The fraction of sp³-hybridized carbons (Fsp3) is 0.105. The molecule has 26 heavy (non-hydrogen) atoms. The van der Waals surface area contributed by atoms with Crippen molar-refractivity contribution in [3.63, 3.8) is 0 Å². The zero-order valence-corrected chi connectivity index (χ0v) is 15.2. The van der Waals surface area contributed by atoms with Gasteiger partial charge in [-0.15, -0.1) is 0 Å². The monoisotopic (exact) mass is 386 g/mol. The molecule has 3 amide bonds. The molecule has 132 valence electrons. The maximum atomic E-state index is 12.4. The Balaban J connectivity index is 1.57. The fourth-order valence-electron chi connectivity index (χ4n) is 2.38. The van der Waals surface area contributed by atoms with Crippen LogP contribution in [0.3, 0.4) is 0 Å². The normalized spacial score (nSPS) is 15.6. The first-order valence-corrected chi connectivity index (χ1v) is 9.08. The maximum absolute atomic E-state index is 12.4. The first-order valence-electron chi connectivity index (χ1n) is 7.89. The quantitative estimate of drug-likeness (QED) is 0.793. The number of hydrogen-bond acceptors (Lipinski definition) is 4. The summed E-state index contributed by atoms with van der Waals surface area (Å²) in [6.45, 7) is 0.300. The number of carbonyl (C=O) groups is 3. The van der Waals surface area contributed by atoms with E-state index in [1.54, 1.807) is 30.3 Å². The molecule has 3 rings (SSSR count). The van der Waals surface area contributed by atoms with Crippen LogP contribution in [0.25, 0.3) is 6.08 Å². The lowest BCUT2D eigenvalue weighted by Crippen LogP contribution is -2.37. The number of imide groups is 1. The number of rotatable bonds is 5. The SMILES string of the molecule is O=C(NCCN1C(=O)S/C(=C\c2ccccc2)C1=O)c1ccc(Cl)cc1. The molecule has 7 heteroatoms. The predicted octanol–water partition coefficient (Wildman–Crippen LogP) is 3.81. The fourth-order valence-corrected chi connectivity index (χ4v) is 3.37. The van der Waals surface area contributed by atoms with E-state index in [1.165, 1.54) is 0 Å². The van der Waals surface area contributed by atoms with Gasteiger partial charge in [0, 0.05) is 23.7 Å². The molecule has 1 saturated heterocycles. The second-order valence-corrected chi connectivity index (χ2v) is 6.94. The van der Waals surface area contributed by atoms with Gasteiger partial charge in [-0.2, -0.15) is 0 Å². The predicted molar refractivity (Wildman–Crippen MR) is 103 cm³/mol. The highest BCUT2D eigenvalue weighted by Crippen LogP contribution is 2.31. The number of thioether (sulfide) groups is 1. The van der Waals surface area contributed by atoms with Gasteiger partial charge >= 0.3 is 0 Å². The van der Waals surface area contributed by atoms with Gasteiger partial charge in [-0.1, -0.05) is 41.9 Å². The molecule has 0 atom stereocenters. The molecular weight excluding hydrogens is 372 g/mol. The van der Waals surface area contributed by atoms with Crippen LogP contribution in [0, 0.1) is 0 Å². The summed E-state index contributed by atoms with van der Waals surface area (Å²) in [5, 5.41) is 2.90. The first-order chi connectivity index (χ1) is 12.5. The van der Waals surface area contributed by atoms with E-state index in [9.17, 15) is 14.4 Å². The summed E-state index contributed by atoms with van der Waals surface area (Å²) in [7, 11) is 0. The molecule has 2 aromatic rings. The smallest absolute Gasteiger partial charge is 0.293 e. The van der Waals surface area contributed by atoms with Crippen LogP contribution in [0.1, 0.15) is 15.9 Å². The lowest BCUT2D eigenvalue weighted by Gasteiger charge is -2.13. The summed E-state index contributed by atoms with van der Waals surface area (Å²) < 4.78 is 0. The third-order valence-electron chi connectivity index (χ3n) is 3.70. The van der Waals surface area contributed by atoms with Crippen molar-refractivity contribution in [2.75, 3.05) is 13.1 Å². The molecule has 1 aliphatic rings. The van der Waals surface area contributed by atoms with Crippen LogP contribution in [0.2, 0.25) is 5.02 Å². The van der Waals surface area contributed by atoms with Gasteiger partial charge in [-0.25, -0.2) is 0 Å². The lowest BCUT2D eigenvalue weighted by molar-refractivity contribution is -0.122. The second-order valence-electron chi connectivity index (χ2n) is 5.51. The standard InChI is InChI=1S/C19H15ClN2O3S/c20-15-8-6-14(7-9-15)17(23)21-10-11-22-18(24)16(26-19(22)25)12-13-4-2-1-3-5-13/h1-9,12H,10-11H2,(H,21,23)/b16-12-. The van der Waals surface area contributed by atoms with E-state index < -0.39 is 0 Å². The van der Waals surface area contributed by atoms with Crippen molar-refractivity contribution in [2.45, 2.75) is 0 Å². The van der Waals surface area contributed by atoms with Gasteiger partial charge in [0.05, 0.1) is 4.91 Å². The van der Waals surface area contributed by atoms with Crippen LogP contribution < -0.4 is 5.32 Å². The number of carbonyl (C=O) groups excluding carboxylic acids is 3. The molecule has 2 aromatic carbocycles. The number of amides is 3. The Morgan fingerprint density at radius 2 is 1.77 bits per heavy atom. The molecule has 0 aliphatic carbocycles. The van der Waals surface area contributed by atoms with Crippen LogP contribution in [0.4, 0.5) is 4.79 Å². The molecule has 1 fully saturated rings. The van der Waals surface area contributed by atoms with Gasteiger partial charge < -0.3 is 5.32 Å². The summed E-state index contributed by atoms with van der Waals surface area (Å²) >= 11 is 6.69. The maximum Gasteiger partial charge on any atom is 0.293 e. The number of nitrogens with zero attached hydrogens (tertiary/aromatic N) is 1. The highest BCUT2D eigenvalue weighted by atomic mass is 35.5. The van der Waals surface area contributed by atoms with Gasteiger partial charge in [-0.05, 0) is 47.7 Å². The van der Waals surface area contributed by atoms with E-state index in [1.807, 2.05) is 30.3 Å². The highest BCUT2D eigenvalue weighted by Gasteiger charge is 2.34. The van der Waals surface area contributed by atoms with Crippen molar-refractivity contribution in [1.82, 2.24) is 10.2 Å². The first kappa shape index (κ1) is 18.2. The van der Waals surface area contributed by atoms with Crippen molar-refractivity contribution < 1.29 is 14.4 Å². The topological polar surface area (TPSA) is 66.5 Å². The van der Waals surface area contributed by atoms with Crippen LogP contribution in [-0.2, 0) is 4.79 Å². The Morgan fingerprint density at radius 3 is 2.46 bits per heavy atom. The largest absolute Gasteiger partial charge is 0.350 e. The van der Waals surface area contributed by atoms with E-state index in [-0.39, 0.29) is 30.1 Å². The molecule has 0 saturated carbocycles. The van der Waals surface area contributed by atoms with Crippen molar-refractivity contribution in [3.8, 4) is 0 Å². The minimum atomic E-state index is -0.343. The van der Waals surface area contributed by atoms with Gasteiger partial charge in [0.2, 0.25) is 0 Å². The van der Waals surface area contributed by atoms with Gasteiger partial charge in [0.15, 0.2) is 0 Å². The lowest BCUT2D eigenvalue weighted by atomic mass is 10.2. The summed E-state index contributed by atoms with van der Waals surface area (Å²) in [6, 6.07) is 15.8. The Bertz CT molecular complexity index is 866. The molecule has 0 aromatic heterocycles. The molecule has 1 aliphatic heterocycles. The zero-order valence-electron chi connectivity index (χ0n) is 13.6. The number of nitrogens with one attached hydrogen (secondary N) is 1. The number of benzene rings is 2. The Labute approximate surface area is 160 Å². The van der Waals surface area contributed by atoms with Gasteiger partial charge in [0.25, 0.3) is 17.1 Å². The molecule has 0 bridgehead atoms. The Hall–Kier alpha value is -2.57. The molecule has 1 N–H and O–H groups in total. The summed E-state index contributed by atoms with van der Waals surface area (Å²) in [6.07, 6.45) is 1.69. The molecule has 1 heterocycles. The van der Waals surface area contributed by atoms with Crippen LogP contribution in [0.5, 0.6) is 0 Å². The summed E-state index contributed by atoms with van der Waals surface area (Å²) in [5.41, 5.74) is 1.32. The molecule has 0 unspecified atom stereocenters. The third-order valence-corrected chi connectivity index (χ3v) is 4.86. The Morgan fingerprint density at radius 1 is 1.08 bits per heavy atom. The number of halogens is 1. The average Bonchev–Trinajstić information content (AvgIpc) is 2.90. The van der Waals surface area contributed by atoms with Crippen LogP contribution >= 0.6 is 23.4 Å². The Kier molecular flexibility index (Phi) is 5.75. The van der Waals surface area contributed by atoms with Crippen LogP contribution in [-0.4, -0.2) is 35.0 Å². The van der Waals surface area contributed by atoms with E-state index in [0.29, 0.717) is 15.5 Å². The van der Waals surface area contributed by atoms with E-state index in [0.717, 1.165) is 22.2 Å². The van der Waals surface area contributed by atoms with E-state index in [4.69, 9.17) is 11.6 Å². The van der Waals surface area contributed by atoms with Gasteiger partial charge in [-0.3, -0.25) is 19.3 Å². The summed E-state index contributed by atoms with van der Waals surface area (Å²) in [4.78, 5) is 38.0. The average molecular weight is 387 g/mol. The van der Waals surface area contributed by atoms with Crippen LogP contribution in [0.15, 0.2) is 59.5 Å². The minimum absolute atomic E-state index is 0.121. The highest BCUT2D eigenvalue weighted by molar-refractivity contribution is 8.18. The minimum Gasteiger partial charge on any atom is -0.350 e. The number of hydrogen-bond donors (Lipinski definition) is 1. The zero-order chi connectivity index (χ0) is 18.5. The molecule has 5 nitrogen and oxygen atoms in total. The van der Waals surface area contributed by atoms with Gasteiger partial charge in [0.1, 0.15) is 0 Å². The molecular formula is C19H15ClN2O3S. The van der Waals surface area contributed by atoms with Crippen molar-refractivity contribution >= 4 is 46.5 Å². The second kappa shape index (κ2) is 8.21. The third kappa shape index (κ3) is 4.33. The van der Waals surface area contributed by atoms with Crippen molar-refractivity contribution in [1.29, 1.82) is 0 Å². The molecule has 0 radical (unpaired) electrons. The van der Waals surface area contributed by atoms with Crippen molar-refractivity contribution in [3.05, 3.63) is 75.7 Å².